The maximum absolute atomic E-state index is 13.5. The Bertz CT molecular complexity index is 1150. The van der Waals surface area contributed by atoms with Crippen LogP contribution in [0, 0.1) is 17.6 Å². The van der Waals surface area contributed by atoms with E-state index in [1.807, 2.05) is 19.9 Å². The Hall–Kier alpha value is -3.48. The average molecular weight is 466 g/mol. The summed E-state index contributed by atoms with van der Waals surface area (Å²) in [6.45, 7) is 4.59. The van der Waals surface area contributed by atoms with Gasteiger partial charge in [0.25, 0.3) is 0 Å². The fourth-order valence-electron chi connectivity index (χ4n) is 4.54. The summed E-state index contributed by atoms with van der Waals surface area (Å²) in [6.07, 6.45) is 1.97. The van der Waals surface area contributed by atoms with Crippen LogP contribution in [-0.4, -0.2) is 29.4 Å². The first-order chi connectivity index (χ1) is 16.5. The van der Waals surface area contributed by atoms with Crippen molar-refractivity contribution in [2.45, 2.75) is 45.1 Å². The predicted octanol–water partition coefficient (Wildman–Crippen LogP) is 5.15. The number of benzene rings is 2. The first-order valence-corrected chi connectivity index (χ1v) is 11.8. The number of hydrogen-bond acceptors (Lipinski definition) is 2. The molecule has 178 valence electrons. The molecule has 5 nitrogen and oxygen atoms in total. The van der Waals surface area contributed by atoms with E-state index in [4.69, 9.17) is 0 Å². The van der Waals surface area contributed by atoms with Crippen molar-refractivity contribution in [3.05, 3.63) is 71.8 Å². The zero-order valence-corrected chi connectivity index (χ0v) is 19.3. The number of aromatic amines is 1. The van der Waals surface area contributed by atoms with Gasteiger partial charge in [-0.2, -0.15) is 0 Å². The second kappa shape index (κ2) is 10.2. The number of aromatic nitrogens is 1. The molecular weight excluding hydrogens is 436 g/mol. The van der Waals surface area contributed by atoms with Crippen LogP contribution in [0.25, 0.3) is 22.5 Å². The lowest BCUT2D eigenvalue weighted by molar-refractivity contribution is -0.132. The molecule has 2 amide bonds. The van der Waals surface area contributed by atoms with E-state index in [1.165, 1.54) is 24.3 Å². The van der Waals surface area contributed by atoms with Crippen molar-refractivity contribution < 1.29 is 18.4 Å². The maximum atomic E-state index is 13.5. The highest BCUT2D eigenvalue weighted by molar-refractivity contribution is 5.90. The quantitative estimate of drug-likeness (QED) is 0.488. The van der Waals surface area contributed by atoms with Crippen molar-refractivity contribution in [1.29, 1.82) is 0 Å². The third kappa shape index (κ3) is 4.88. The fraction of sp³-hybridized carbons (Fsp3) is 0.333. The molecule has 0 bridgehead atoms. The normalized spacial score (nSPS) is 21.2. The first-order valence-electron chi connectivity index (χ1n) is 11.8. The van der Waals surface area contributed by atoms with Crippen LogP contribution in [0.3, 0.4) is 0 Å². The predicted molar refractivity (Wildman–Crippen MR) is 128 cm³/mol. The fourth-order valence-corrected chi connectivity index (χ4v) is 4.54. The van der Waals surface area contributed by atoms with E-state index in [0.717, 1.165) is 28.1 Å². The van der Waals surface area contributed by atoms with Crippen molar-refractivity contribution in [3.8, 4) is 22.5 Å². The lowest BCUT2D eigenvalue weighted by atomic mass is 9.70. The van der Waals surface area contributed by atoms with Crippen molar-refractivity contribution in [2.24, 2.45) is 5.92 Å². The highest BCUT2D eigenvalue weighted by Crippen LogP contribution is 2.46. The number of H-pyrrole nitrogens is 1. The Labute approximate surface area is 198 Å². The lowest BCUT2D eigenvalue weighted by Gasteiger charge is -2.35. The van der Waals surface area contributed by atoms with Gasteiger partial charge in [-0.15, -0.1) is 0 Å². The Morgan fingerprint density at radius 1 is 0.941 bits per heavy atom. The maximum Gasteiger partial charge on any atom is 0.242 e. The summed E-state index contributed by atoms with van der Waals surface area (Å²) >= 11 is 0. The molecular formula is C27H29F2N3O2. The van der Waals surface area contributed by atoms with E-state index in [-0.39, 0.29) is 35.3 Å². The van der Waals surface area contributed by atoms with Crippen LogP contribution in [0.4, 0.5) is 8.78 Å². The summed E-state index contributed by atoms with van der Waals surface area (Å²) in [5.74, 6) is -0.796. The van der Waals surface area contributed by atoms with Crippen LogP contribution in [-0.2, 0) is 9.59 Å². The van der Waals surface area contributed by atoms with Gasteiger partial charge in [-0.1, -0.05) is 13.8 Å². The molecule has 2 aromatic carbocycles. The molecule has 1 unspecified atom stereocenters. The summed E-state index contributed by atoms with van der Waals surface area (Å²) in [5.41, 5.74) is 4.48. The zero-order chi connectivity index (χ0) is 24.2. The monoisotopic (exact) mass is 465 g/mol. The molecule has 2 aliphatic rings. The molecule has 3 N–H and O–H groups in total. The van der Waals surface area contributed by atoms with Crippen molar-refractivity contribution in [2.75, 3.05) is 6.54 Å². The number of amides is 2. The van der Waals surface area contributed by atoms with E-state index in [0.29, 0.717) is 25.8 Å². The van der Waals surface area contributed by atoms with Gasteiger partial charge in [-0.3, -0.25) is 9.59 Å². The molecule has 1 saturated heterocycles. The largest absolute Gasteiger partial charge is 0.354 e. The minimum absolute atomic E-state index is 0.0825. The molecule has 1 aromatic heterocycles. The number of hydrogen-bond donors (Lipinski definition) is 3. The molecule has 0 spiro atoms. The molecule has 0 radical (unpaired) electrons. The van der Waals surface area contributed by atoms with E-state index < -0.39 is 6.04 Å². The second-order valence-corrected chi connectivity index (χ2v) is 8.53. The van der Waals surface area contributed by atoms with E-state index in [2.05, 4.69) is 15.6 Å². The lowest BCUT2D eigenvalue weighted by Crippen LogP contribution is -2.45. The van der Waals surface area contributed by atoms with Gasteiger partial charge >= 0.3 is 0 Å². The van der Waals surface area contributed by atoms with Gasteiger partial charge in [0.1, 0.15) is 17.7 Å². The second-order valence-electron chi connectivity index (χ2n) is 8.53. The van der Waals surface area contributed by atoms with Gasteiger partial charge in [-0.25, -0.2) is 8.78 Å². The number of halogens is 2. The standard InChI is InChI=1S/C25H23F2N3O2.C2H6/c26-18-5-1-14(2-6-18)22-13-20(23(29-22)15-3-7-19(27)8-4-15)16-11-17(12-16)24(31)30-21-9-10-28-25(21)32;1-2/h1-8,13,16-17,21,29H,9-12H2,(H,28,32)(H,30,31);1-2H3. The van der Waals surface area contributed by atoms with Gasteiger partial charge in [0.05, 0.1) is 0 Å². The molecule has 2 heterocycles. The summed E-state index contributed by atoms with van der Waals surface area (Å²) in [4.78, 5) is 27.7. The molecule has 34 heavy (non-hydrogen) atoms. The van der Waals surface area contributed by atoms with Crippen LogP contribution in [0.1, 0.15) is 44.6 Å². The Balaban J connectivity index is 0.00000133. The van der Waals surface area contributed by atoms with E-state index >= 15 is 0 Å². The van der Waals surface area contributed by atoms with Crippen molar-refractivity contribution >= 4 is 11.8 Å². The third-order valence-corrected chi connectivity index (χ3v) is 6.45. The highest BCUT2D eigenvalue weighted by atomic mass is 19.1. The van der Waals surface area contributed by atoms with Crippen LogP contribution >= 0.6 is 0 Å². The molecule has 3 aromatic rings. The molecule has 1 aliphatic carbocycles. The van der Waals surface area contributed by atoms with E-state index in [1.54, 1.807) is 24.3 Å². The number of carbonyl (C=O) groups is 2. The SMILES string of the molecule is CC.O=C(NC1CCNC1=O)C1CC(c2cc(-c3ccc(F)cc3)[nH]c2-c2ccc(F)cc2)C1. The Morgan fingerprint density at radius 2 is 1.53 bits per heavy atom. The van der Waals surface area contributed by atoms with Crippen LogP contribution in [0.2, 0.25) is 0 Å². The van der Waals surface area contributed by atoms with Gasteiger partial charge in [0.15, 0.2) is 0 Å². The van der Waals surface area contributed by atoms with Gasteiger partial charge in [0, 0.05) is 23.9 Å². The summed E-state index contributed by atoms with van der Waals surface area (Å²) in [7, 11) is 0. The van der Waals surface area contributed by atoms with E-state index in [9.17, 15) is 18.4 Å². The molecule has 1 aliphatic heterocycles. The molecule has 1 atom stereocenters. The van der Waals surface area contributed by atoms with Gasteiger partial charge in [0.2, 0.25) is 11.8 Å². The summed E-state index contributed by atoms with van der Waals surface area (Å²) in [6, 6.07) is 14.1. The summed E-state index contributed by atoms with van der Waals surface area (Å²) in [5, 5.41) is 5.58. The van der Waals surface area contributed by atoms with Crippen molar-refractivity contribution in [3.63, 3.8) is 0 Å². The molecule has 5 rings (SSSR count). The topological polar surface area (TPSA) is 74.0 Å². The van der Waals surface area contributed by atoms with Gasteiger partial charge < -0.3 is 15.6 Å². The third-order valence-electron chi connectivity index (χ3n) is 6.45. The van der Waals surface area contributed by atoms with Crippen LogP contribution in [0.5, 0.6) is 0 Å². The molecule has 2 fully saturated rings. The highest BCUT2D eigenvalue weighted by Gasteiger charge is 2.39. The molecule has 7 heteroatoms. The van der Waals surface area contributed by atoms with Gasteiger partial charge in [-0.05, 0) is 96.5 Å². The number of nitrogens with one attached hydrogen (secondary N) is 3. The van der Waals surface area contributed by atoms with Crippen LogP contribution in [0.15, 0.2) is 54.6 Å². The van der Waals surface area contributed by atoms with Crippen LogP contribution < -0.4 is 10.6 Å². The number of carbonyl (C=O) groups excluding carboxylic acids is 2. The minimum Gasteiger partial charge on any atom is -0.354 e. The smallest absolute Gasteiger partial charge is 0.242 e. The Morgan fingerprint density at radius 3 is 2.09 bits per heavy atom. The average Bonchev–Trinajstić information content (AvgIpc) is 3.42. The number of rotatable bonds is 5. The zero-order valence-electron chi connectivity index (χ0n) is 19.3. The Kier molecular flexibility index (Phi) is 7.10. The molecule has 1 saturated carbocycles. The summed E-state index contributed by atoms with van der Waals surface area (Å²) < 4.78 is 26.8. The van der Waals surface area contributed by atoms with Crippen molar-refractivity contribution in [1.82, 2.24) is 15.6 Å². The first kappa shape index (κ1) is 23.7. The minimum atomic E-state index is -0.436.